The number of ether oxygens (including phenoxy) is 1. The first-order chi connectivity index (χ1) is 6.15. The molecular weight excluding hydrogens is 174 g/mol. The van der Waals surface area contributed by atoms with Crippen LogP contribution in [0.2, 0.25) is 0 Å². The Kier molecular flexibility index (Phi) is 3.25. The zero-order valence-electron chi connectivity index (χ0n) is 7.52. The summed E-state index contributed by atoms with van der Waals surface area (Å²) < 4.78 is 5.06. The number of carboxylic acid groups (broad SMARTS) is 1. The molecule has 74 valence electrons. The van der Waals surface area contributed by atoms with Crippen molar-refractivity contribution < 1.29 is 19.4 Å². The lowest BCUT2D eigenvalue weighted by atomic mass is 10.2. The Bertz CT molecular complexity index is 216. The number of hydrogen-bond donors (Lipinski definition) is 1. The summed E-state index contributed by atoms with van der Waals surface area (Å²) in [6.07, 6.45) is -1.03. The monoisotopic (exact) mass is 187 g/mol. The lowest BCUT2D eigenvalue weighted by Crippen LogP contribution is -2.48. The Morgan fingerprint density at radius 2 is 2.46 bits per heavy atom. The van der Waals surface area contributed by atoms with Crippen molar-refractivity contribution in [3.63, 3.8) is 0 Å². The van der Waals surface area contributed by atoms with Gasteiger partial charge < -0.3 is 14.7 Å². The van der Waals surface area contributed by atoms with E-state index in [1.807, 2.05) is 6.92 Å². The number of nitrogens with zero attached hydrogens (tertiary/aromatic N) is 1. The van der Waals surface area contributed by atoms with Crippen molar-refractivity contribution >= 4 is 11.9 Å². The summed E-state index contributed by atoms with van der Waals surface area (Å²) in [7, 11) is 0. The van der Waals surface area contributed by atoms with E-state index in [-0.39, 0.29) is 12.3 Å². The van der Waals surface area contributed by atoms with Crippen molar-refractivity contribution in [2.24, 2.45) is 0 Å². The van der Waals surface area contributed by atoms with E-state index >= 15 is 0 Å². The molecular formula is C8H13NO4. The third kappa shape index (κ3) is 2.42. The molecule has 1 heterocycles. The standard InChI is InChI=1S/C8H13NO4/c1-2-9-3-4-13-6(8(9)12)5-7(10)11/h6H,2-5H2,1H3,(H,10,11). The molecule has 0 aromatic rings. The molecule has 1 aliphatic heterocycles. The first-order valence-electron chi connectivity index (χ1n) is 4.27. The molecule has 1 amide bonds. The van der Waals surface area contributed by atoms with Crippen LogP contribution >= 0.6 is 0 Å². The normalized spacial score (nSPS) is 23.3. The third-order valence-electron chi connectivity index (χ3n) is 2.01. The summed E-state index contributed by atoms with van der Waals surface area (Å²) in [5.41, 5.74) is 0. The second kappa shape index (κ2) is 4.23. The Labute approximate surface area is 76.3 Å². The fourth-order valence-electron chi connectivity index (χ4n) is 1.31. The smallest absolute Gasteiger partial charge is 0.306 e. The number of likely N-dealkylation sites (N-methyl/N-ethyl adjacent to an activating group) is 1. The van der Waals surface area contributed by atoms with E-state index < -0.39 is 12.1 Å². The van der Waals surface area contributed by atoms with Crippen molar-refractivity contribution in [3.8, 4) is 0 Å². The number of morpholine rings is 1. The molecule has 1 unspecified atom stereocenters. The Morgan fingerprint density at radius 3 is 3.00 bits per heavy atom. The number of amides is 1. The molecule has 0 aromatic heterocycles. The van der Waals surface area contributed by atoms with Crippen LogP contribution < -0.4 is 0 Å². The molecule has 1 saturated heterocycles. The Hall–Kier alpha value is -1.10. The minimum absolute atomic E-state index is 0.212. The molecule has 5 heteroatoms. The van der Waals surface area contributed by atoms with E-state index in [9.17, 15) is 9.59 Å². The van der Waals surface area contributed by atoms with Gasteiger partial charge in [0.2, 0.25) is 0 Å². The molecule has 1 N–H and O–H groups in total. The van der Waals surface area contributed by atoms with E-state index in [2.05, 4.69) is 0 Å². The van der Waals surface area contributed by atoms with E-state index in [1.54, 1.807) is 4.90 Å². The molecule has 0 aromatic carbocycles. The van der Waals surface area contributed by atoms with Crippen molar-refractivity contribution in [3.05, 3.63) is 0 Å². The number of carboxylic acids is 1. The maximum absolute atomic E-state index is 11.4. The average molecular weight is 187 g/mol. The summed E-state index contributed by atoms with van der Waals surface area (Å²) in [6, 6.07) is 0. The van der Waals surface area contributed by atoms with Gasteiger partial charge in [0, 0.05) is 13.1 Å². The van der Waals surface area contributed by atoms with Crippen LogP contribution in [0.3, 0.4) is 0 Å². The number of aliphatic carboxylic acids is 1. The SMILES string of the molecule is CCN1CCOC(CC(=O)O)C1=O. The molecule has 13 heavy (non-hydrogen) atoms. The molecule has 1 aliphatic rings. The molecule has 0 aliphatic carbocycles. The minimum Gasteiger partial charge on any atom is -0.481 e. The molecule has 1 atom stereocenters. The van der Waals surface area contributed by atoms with Crippen LogP contribution in [0.25, 0.3) is 0 Å². The fourth-order valence-corrected chi connectivity index (χ4v) is 1.31. The molecule has 5 nitrogen and oxygen atoms in total. The topological polar surface area (TPSA) is 66.8 Å². The van der Waals surface area contributed by atoms with Gasteiger partial charge in [0.25, 0.3) is 5.91 Å². The number of rotatable bonds is 3. The Balaban J connectivity index is 2.54. The van der Waals surface area contributed by atoms with E-state index in [4.69, 9.17) is 9.84 Å². The summed E-state index contributed by atoms with van der Waals surface area (Å²) in [4.78, 5) is 23.4. The van der Waals surface area contributed by atoms with Gasteiger partial charge in [-0.3, -0.25) is 9.59 Å². The molecule has 0 bridgehead atoms. The summed E-state index contributed by atoms with van der Waals surface area (Å²) >= 11 is 0. The minimum atomic E-state index is -1.00. The number of carbonyl (C=O) groups is 2. The predicted octanol–water partition coefficient (Wildman–Crippen LogP) is -0.292. The first kappa shape index (κ1) is 9.98. The fraction of sp³-hybridized carbons (Fsp3) is 0.750. The van der Waals surface area contributed by atoms with Crippen LogP contribution in [0.1, 0.15) is 13.3 Å². The summed E-state index contributed by atoms with van der Waals surface area (Å²) in [6.45, 7) is 3.46. The quantitative estimate of drug-likeness (QED) is 0.659. The summed E-state index contributed by atoms with van der Waals surface area (Å²) in [5.74, 6) is -1.22. The van der Waals surface area contributed by atoms with Gasteiger partial charge in [-0.1, -0.05) is 0 Å². The second-order valence-electron chi connectivity index (χ2n) is 2.88. The molecule has 1 fully saturated rings. The van der Waals surface area contributed by atoms with E-state index in [0.717, 1.165) is 0 Å². The molecule has 1 rings (SSSR count). The predicted molar refractivity (Wildman–Crippen MR) is 44.2 cm³/mol. The van der Waals surface area contributed by atoms with Gasteiger partial charge in [0.1, 0.15) is 6.10 Å². The first-order valence-corrected chi connectivity index (χ1v) is 4.27. The largest absolute Gasteiger partial charge is 0.481 e. The molecule has 0 radical (unpaired) electrons. The lowest BCUT2D eigenvalue weighted by molar-refractivity contribution is -0.159. The second-order valence-corrected chi connectivity index (χ2v) is 2.88. The maximum atomic E-state index is 11.4. The Morgan fingerprint density at radius 1 is 1.77 bits per heavy atom. The highest BCUT2D eigenvalue weighted by atomic mass is 16.5. The van der Waals surface area contributed by atoms with Crippen molar-refractivity contribution in [1.82, 2.24) is 4.90 Å². The van der Waals surface area contributed by atoms with Crippen molar-refractivity contribution in [2.75, 3.05) is 19.7 Å². The van der Waals surface area contributed by atoms with E-state index in [0.29, 0.717) is 19.7 Å². The highest BCUT2D eigenvalue weighted by Crippen LogP contribution is 2.09. The molecule has 0 spiro atoms. The van der Waals surface area contributed by atoms with Crippen LogP contribution in [0.5, 0.6) is 0 Å². The van der Waals surface area contributed by atoms with Gasteiger partial charge in [-0.2, -0.15) is 0 Å². The van der Waals surface area contributed by atoms with Crippen molar-refractivity contribution in [1.29, 1.82) is 0 Å². The zero-order chi connectivity index (χ0) is 9.84. The van der Waals surface area contributed by atoms with Gasteiger partial charge in [-0.15, -0.1) is 0 Å². The highest BCUT2D eigenvalue weighted by Gasteiger charge is 2.30. The van der Waals surface area contributed by atoms with E-state index in [1.165, 1.54) is 0 Å². The average Bonchev–Trinajstić information content (AvgIpc) is 2.08. The van der Waals surface area contributed by atoms with Gasteiger partial charge in [-0.05, 0) is 6.92 Å². The lowest BCUT2D eigenvalue weighted by Gasteiger charge is -2.30. The van der Waals surface area contributed by atoms with Gasteiger partial charge >= 0.3 is 5.97 Å². The van der Waals surface area contributed by atoms with Crippen molar-refractivity contribution in [2.45, 2.75) is 19.4 Å². The zero-order valence-corrected chi connectivity index (χ0v) is 7.52. The van der Waals surface area contributed by atoms with Crippen LogP contribution in [0.4, 0.5) is 0 Å². The number of hydrogen-bond acceptors (Lipinski definition) is 3. The summed E-state index contributed by atoms with van der Waals surface area (Å²) in [5, 5.41) is 8.49. The molecule has 0 saturated carbocycles. The highest BCUT2D eigenvalue weighted by molar-refractivity contribution is 5.85. The maximum Gasteiger partial charge on any atom is 0.306 e. The van der Waals surface area contributed by atoms with Gasteiger partial charge in [0.15, 0.2) is 0 Å². The van der Waals surface area contributed by atoms with Crippen LogP contribution in [-0.2, 0) is 14.3 Å². The van der Waals surface area contributed by atoms with Gasteiger partial charge in [0.05, 0.1) is 13.0 Å². The van der Waals surface area contributed by atoms with Crippen LogP contribution in [-0.4, -0.2) is 47.7 Å². The number of carbonyl (C=O) groups excluding carboxylic acids is 1. The van der Waals surface area contributed by atoms with Crippen LogP contribution in [0, 0.1) is 0 Å². The van der Waals surface area contributed by atoms with Gasteiger partial charge in [-0.25, -0.2) is 0 Å². The third-order valence-corrected chi connectivity index (χ3v) is 2.01. The van der Waals surface area contributed by atoms with Crippen LogP contribution in [0.15, 0.2) is 0 Å².